The van der Waals surface area contributed by atoms with E-state index in [1.807, 2.05) is 39.0 Å². The van der Waals surface area contributed by atoms with Crippen LogP contribution in [0.15, 0.2) is 64.4 Å². The molecule has 27 heavy (non-hydrogen) atoms. The molecular formula is C21H22N2O3S. The van der Waals surface area contributed by atoms with Crippen molar-refractivity contribution in [3.63, 3.8) is 0 Å². The van der Waals surface area contributed by atoms with Crippen molar-refractivity contribution in [2.75, 3.05) is 0 Å². The Bertz CT molecular complexity index is 1050. The fraction of sp³-hybridized carbons (Fsp3) is 0.143. The van der Waals surface area contributed by atoms with Crippen molar-refractivity contribution in [2.24, 2.45) is 9.98 Å². The zero-order valence-corrected chi connectivity index (χ0v) is 16.5. The zero-order chi connectivity index (χ0) is 20.4. The molecule has 0 spiro atoms. The van der Waals surface area contributed by atoms with Gasteiger partial charge in [0.15, 0.2) is 0 Å². The summed E-state index contributed by atoms with van der Waals surface area (Å²) in [6.45, 7) is 17.0. The van der Waals surface area contributed by atoms with Crippen LogP contribution >= 0.6 is 0 Å². The van der Waals surface area contributed by atoms with E-state index >= 15 is 0 Å². The number of nitrogens with zero attached hydrogens (tertiary/aromatic N) is 2. The largest absolute Gasteiger partial charge is 0.296 e. The Morgan fingerprint density at radius 1 is 0.926 bits per heavy atom. The highest BCUT2D eigenvalue weighted by Gasteiger charge is 2.16. The fourth-order valence-electron chi connectivity index (χ4n) is 2.50. The van der Waals surface area contributed by atoms with Crippen molar-refractivity contribution in [3.8, 4) is 0 Å². The summed E-state index contributed by atoms with van der Waals surface area (Å²) in [5, 5.41) is 0. The number of rotatable bonds is 6. The first kappa shape index (κ1) is 20.5. The van der Waals surface area contributed by atoms with E-state index in [2.05, 4.69) is 29.9 Å². The lowest BCUT2D eigenvalue weighted by Crippen LogP contribution is -1.99. The molecule has 0 bridgehead atoms. The minimum atomic E-state index is -4.43. The van der Waals surface area contributed by atoms with Crippen molar-refractivity contribution in [3.05, 3.63) is 66.2 Å². The summed E-state index contributed by atoms with van der Waals surface area (Å²) >= 11 is 0. The van der Waals surface area contributed by atoms with E-state index in [9.17, 15) is 13.0 Å². The third kappa shape index (κ3) is 4.87. The topological polar surface area (TPSA) is 79.1 Å². The quantitative estimate of drug-likeness (QED) is 0.531. The van der Waals surface area contributed by atoms with Crippen LogP contribution in [0.4, 0.5) is 11.4 Å². The van der Waals surface area contributed by atoms with Gasteiger partial charge in [0, 0.05) is 5.71 Å². The van der Waals surface area contributed by atoms with Gasteiger partial charge in [0.1, 0.15) is 4.90 Å². The van der Waals surface area contributed by atoms with E-state index in [0.717, 1.165) is 27.8 Å². The Labute approximate surface area is 160 Å². The minimum Gasteiger partial charge on any atom is -0.282 e. The summed E-state index contributed by atoms with van der Waals surface area (Å²) in [5.74, 6) is 0. The zero-order valence-electron chi connectivity index (χ0n) is 15.7. The molecule has 2 aromatic carbocycles. The first-order valence-electron chi connectivity index (χ1n) is 8.13. The Kier molecular flexibility index (Phi) is 5.93. The molecule has 5 nitrogen and oxygen atoms in total. The molecule has 2 rings (SSSR count). The second kappa shape index (κ2) is 7.82. The minimum absolute atomic E-state index is 0.0722. The SMILES string of the molecule is C=Nc1ccc(N=C(C)c2cc(C(=C)C)cc(C(=C)C)c2)cc1S(=O)(=O)O. The Hall–Kier alpha value is -2.83. The van der Waals surface area contributed by atoms with Gasteiger partial charge in [-0.1, -0.05) is 24.3 Å². The summed E-state index contributed by atoms with van der Waals surface area (Å²) in [6.07, 6.45) is 0. The van der Waals surface area contributed by atoms with E-state index in [-0.39, 0.29) is 10.6 Å². The summed E-state index contributed by atoms with van der Waals surface area (Å²) < 4.78 is 32.5. The van der Waals surface area contributed by atoms with Gasteiger partial charge in [0.25, 0.3) is 10.1 Å². The summed E-state index contributed by atoms with van der Waals surface area (Å²) in [5.41, 5.74) is 5.79. The van der Waals surface area contributed by atoms with E-state index in [4.69, 9.17) is 0 Å². The number of hydrogen-bond acceptors (Lipinski definition) is 4. The van der Waals surface area contributed by atoms with Gasteiger partial charge in [-0.05, 0) is 80.6 Å². The lowest BCUT2D eigenvalue weighted by molar-refractivity contribution is 0.483. The van der Waals surface area contributed by atoms with Crippen molar-refractivity contribution < 1.29 is 13.0 Å². The van der Waals surface area contributed by atoms with Crippen LogP contribution in [0.5, 0.6) is 0 Å². The predicted molar refractivity (Wildman–Crippen MR) is 113 cm³/mol. The lowest BCUT2D eigenvalue weighted by Gasteiger charge is -2.10. The predicted octanol–water partition coefficient (Wildman–Crippen LogP) is 5.47. The number of hydrogen-bond donors (Lipinski definition) is 1. The summed E-state index contributed by atoms with van der Waals surface area (Å²) in [6, 6.07) is 10.3. The van der Waals surface area contributed by atoms with Crippen molar-refractivity contribution in [1.82, 2.24) is 0 Å². The molecule has 0 aliphatic heterocycles. The molecule has 140 valence electrons. The van der Waals surface area contributed by atoms with Crippen LogP contribution in [0.2, 0.25) is 0 Å². The standard InChI is InChI=1S/C21H22N2O3S/c1-13(2)16-9-17(14(3)4)11-18(10-16)15(5)23-19-7-8-20(22-6)21(12-19)27(24,25)26/h7-12H,1,3,6H2,2,4-5H3,(H,24,25,26). The van der Waals surface area contributed by atoms with Crippen molar-refractivity contribution in [1.29, 1.82) is 0 Å². The molecule has 0 saturated carbocycles. The Morgan fingerprint density at radius 3 is 1.89 bits per heavy atom. The van der Waals surface area contributed by atoms with Crippen LogP contribution in [0.3, 0.4) is 0 Å². The third-order valence-electron chi connectivity index (χ3n) is 4.02. The number of aliphatic imine (C=N–C) groups is 2. The molecule has 0 atom stereocenters. The van der Waals surface area contributed by atoms with Gasteiger partial charge in [0.2, 0.25) is 0 Å². The average Bonchev–Trinajstić information content (AvgIpc) is 2.60. The molecule has 2 aromatic rings. The van der Waals surface area contributed by atoms with E-state index in [1.165, 1.54) is 12.1 Å². The highest BCUT2D eigenvalue weighted by Crippen LogP contribution is 2.29. The normalized spacial score (nSPS) is 11.9. The van der Waals surface area contributed by atoms with Gasteiger partial charge in [0.05, 0.1) is 11.4 Å². The molecule has 1 N–H and O–H groups in total. The molecule has 0 unspecified atom stereocenters. The Morgan fingerprint density at radius 2 is 1.44 bits per heavy atom. The molecule has 0 saturated heterocycles. The molecular weight excluding hydrogens is 360 g/mol. The molecule has 0 aromatic heterocycles. The molecule has 0 amide bonds. The van der Waals surface area contributed by atoms with Crippen LogP contribution < -0.4 is 0 Å². The molecule has 0 aliphatic rings. The molecule has 6 heteroatoms. The number of benzene rings is 2. The van der Waals surface area contributed by atoms with E-state index < -0.39 is 10.1 Å². The molecule has 0 radical (unpaired) electrons. The van der Waals surface area contributed by atoms with Gasteiger partial charge in [-0.2, -0.15) is 8.42 Å². The van der Waals surface area contributed by atoms with Crippen LogP contribution in [-0.4, -0.2) is 25.4 Å². The van der Waals surface area contributed by atoms with Crippen molar-refractivity contribution >= 4 is 45.1 Å². The van der Waals surface area contributed by atoms with Gasteiger partial charge >= 0.3 is 0 Å². The highest BCUT2D eigenvalue weighted by molar-refractivity contribution is 7.86. The smallest absolute Gasteiger partial charge is 0.282 e. The maximum atomic E-state index is 11.6. The average molecular weight is 382 g/mol. The van der Waals surface area contributed by atoms with Crippen LogP contribution in [0, 0.1) is 0 Å². The highest BCUT2D eigenvalue weighted by atomic mass is 32.2. The Balaban J connectivity index is 2.59. The second-order valence-electron chi connectivity index (χ2n) is 6.34. The number of allylic oxidation sites excluding steroid dienone is 2. The van der Waals surface area contributed by atoms with Crippen LogP contribution in [0.25, 0.3) is 11.1 Å². The van der Waals surface area contributed by atoms with Gasteiger partial charge < -0.3 is 0 Å². The summed E-state index contributed by atoms with van der Waals surface area (Å²) in [7, 11) is -4.43. The first-order chi connectivity index (χ1) is 12.5. The van der Waals surface area contributed by atoms with Crippen LogP contribution in [0.1, 0.15) is 37.5 Å². The van der Waals surface area contributed by atoms with Crippen molar-refractivity contribution in [2.45, 2.75) is 25.7 Å². The van der Waals surface area contributed by atoms with E-state index in [0.29, 0.717) is 11.4 Å². The fourth-order valence-corrected chi connectivity index (χ4v) is 3.16. The molecule has 0 fully saturated rings. The lowest BCUT2D eigenvalue weighted by atomic mass is 9.96. The maximum absolute atomic E-state index is 11.6. The monoisotopic (exact) mass is 382 g/mol. The van der Waals surface area contributed by atoms with Gasteiger partial charge in [-0.3, -0.25) is 14.5 Å². The summed E-state index contributed by atoms with van der Waals surface area (Å²) in [4.78, 5) is 7.79. The van der Waals surface area contributed by atoms with Gasteiger partial charge in [-0.25, -0.2) is 0 Å². The third-order valence-corrected chi connectivity index (χ3v) is 4.91. The first-order valence-corrected chi connectivity index (χ1v) is 9.57. The molecule has 0 aliphatic carbocycles. The van der Waals surface area contributed by atoms with Crippen LogP contribution in [-0.2, 0) is 10.1 Å². The second-order valence-corrected chi connectivity index (χ2v) is 7.73. The van der Waals surface area contributed by atoms with Gasteiger partial charge in [-0.15, -0.1) is 0 Å². The van der Waals surface area contributed by atoms with E-state index in [1.54, 1.807) is 6.07 Å². The molecule has 0 heterocycles. The maximum Gasteiger partial charge on any atom is 0.296 e.